The molecule has 1 aliphatic carbocycles. The molecule has 0 fully saturated rings. The van der Waals surface area contributed by atoms with E-state index in [1.807, 2.05) is 24.3 Å². The van der Waals surface area contributed by atoms with Crippen molar-refractivity contribution in [2.75, 3.05) is 19.0 Å². The minimum atomic E-state index is -0.395. The zero-order valence-electron chi connectivity index (χ0n) is 19.3. The molecule has 0 bridgehead atoms. The number of fused-ring (bicyclic) bond motifs is 1. The summed E-state index contributed by atoms with van der Waals surface area (Å²) in [5.74, 6) is 0.871. The van der Waals surface area contributed by atoms with E-state index in [1.54, 1.807) is 0 Å². The molecule has 0 aliphatic heterocycles. The number of esters is 1. The van der Waals surface area contributed by atoms with Crippen LogP contribution in [0.5, 0.6) is 5.75 Å². The second-order valence-electron chi connectivity index (χ2n) is 9.53. The second kappa shape index (κ2) is 9.43. The Morgan fingerprint density at radius 3 is 2.58 bits per heavy atom. The molecule has 1 aromatic heterocycles. The fraction of sp³-hybridized carbons (Fsp3) is 0.520. The van der Waals surface area contributed by atoms with Gasteiger partial charge in [0.1, 0.15) is 10.8 Å². The van der Waals surface area contributed by atoms with Gasteiger partial charge in [0.05, 0.1) is 12.7 Å². The number of nitrogens with one attached hydrogen (secondary N) is 1. The molecule has 1 aromatic carbocycles. The van der Waals surface area contributed by atoms with Gasteiger partial charge in [0.2, 0.25) is 0 Å². The first-order chi connectivity index (χ1) is 14.6. The predicted octanol–water partition coefficient (Wildman–Crippen LogP) is 5.83. The van der Waals surface area contributed by atoms with Crippen molar-refractivity contribution < 1.29 is 19.1 Å². The number of methoxy groups -OCH3 is 1. The minimum absolute atomic E-state index is 0.114. The smallest absolute Gasteiger partial charge is 0.341 e. The molecular formula is C25H33NO4S. The summed E-state index contributed by atoms with van der Waals surface area (Å²) in [5.41, 5.74) is 2.80. The highest BCUT2D eigenvalue weighted by Crippen LogP contribution is 2.44. The van der Waals surface area contributed by atoms with Crippen LogP contribution >= 0.6 is 11.3 Å². The van der Waals surface area contributed by atoms with Crippen LogP contribution in [-0.4, -0.2) is 25.6 Å². The van der Waals surface area contributed by atoms with Crippen molar-refractivity contribution >= 4 is 28.2 Å². The molecule has 168 valence electrons. The quantitative estimate of drug-likeness (QED) is 0.571. The normalized spacial score (nSPS) is 16.0. The molecule has 3 rings (SSSR count). The number of benzene rings is 1. The summed E-state index contributed by atoms with van der Waals surface area (Å²) >= 11 is 1.50. The van der Waals surface area contributed by atoms with E-state index in [9.17, 15) is 9.59 Å². The Kier molecular flexibility index (Phi) is 7.10. The molecule has 5 nitrogen and oxygen atoms in total. The second-order valence-corrected chi connectivity index (χ2v) is 10.6. The summed E-state index contributed by atoms with van der Waals surface area (Å²) in [6.07, 6.45) is 2.77. The van der Waals surface area contributed by atoms with Gasteiger partial charge in [0, 0.05) is 4.88 Å². The number of carbonyl (C=O) groups excluding carboxylic acids is 2. The van der Waals surface area contributed by atoms with Crippen molar-refractivity contribution in [1.29, 1.82) is 0 Å². The van der Waals surface area contributed by atoms with E-state index in [2.05, 4.69) is 39.9 Å². The van der Waals surface area contributed by atoms with Gasteiger partial charge < -0.3 is 14.8 Å². The van der Waals surface area contributed by atoms with Crippen molar-refractivity contribution in [2.45, 2.75) is 59.8 Å². The maximum Gasteiger partial charge on any atom is 0.341 e. The lowest BCUT2D eigenvalue weighted by molar-refractivity contribution is -0.118. The van der Waals surface area contributed by atoms with E-state index in [1.165, 1.54) is 23.3 Å². The first-order valence-corrected chi connectivity index (χ1v) is 11.7. The van der Waals surface area contributed by atoms with Gasteiger partial charge in [-0.25, -0.2) is 4.79 Å². The topological polar surface area (TPSA) is 64.6 Å². The summed E-state index contributed by atoms with van der Waals surface area (Å²) in [5, 5.41) is 3.48. The van der Waals surface area contributed by atoms with Crippen LogP contribution in [0.1, 0.15) is 73.3 Å². The number of hydrogen-bond donors (Lipinski definition) is 1. The minimum Gasteiger partial charge on any atom is -0.483 e. The van der Waals surface area contributed by atoms with E-state index in [-0.39, 0.29) is 17.9 Å². The number of ether oxygens (including phenoxy) is 2. The van der Waals surface area contributed by atoms with Crippen molar-refractivity contribution in [3.8, 4) is 5.75 Å². The van der Waals surface area contributed by atoms with E-state index in [4.69, 9.17) is 9.47 Å². The first-order valence-electron chi connectivity index (χ1n) is 10.9. The number of hydrogen-bond acceptors (Lipinski definition) is 5. The summed E-state index contributed by atoms with van der Waals surface area (Å²) in [6, 6.07) is 7.74. The standard InChI is InChI=1S/C25H33NO4S/c1-15(2)17-9-7-8-10-19(17)30-14-21(27)26-23-22(24(28)29-6)18-12-11-16(25(3,4)5)13-20(18)31-23/h7-10,15-16H,11-14H2,1-6H3,(H,26,27). The van der Waals surface area contributed by atoms with Crippen LogP contribution in [0, 0.1) is 11.3 Å². The Morgan fingerprint density at radius 2 is 1.94 bits per heavy atom. The Balaban J connectivity index is 1.77. The summed E-state index contributed by atoms with van der Waals surface area (Å²) in [4.78, 5) is 26.4. The lowest BCUT2D eigenvalue weighted by atomic mass is 9.72. The molecule has 1 unspecified atom stereocenters. The van der Waals surface area contributed by atoms with Crippen LogP contribution in [0.4, 0.5) is 5.00 Å². The molecule has 0 spiro atoms. The summed E-state index contributed by atoms with van der Waals surface area (Å²) in [6.45, 7) is 10.8. The number of para-hydroxylation sites is 1. The molecule has 0 saturated carbocycles. The monoisotopic (exact) mass is 443 g/mol. The molecule has 1 N–H and O–H groups in total. The van der Waals surface area contributed by atoms with Crippen molar-refractivity contribution in [1.82, 2.24) is 0 Å². The third-order valence-corrected chi connectivity index (χ3v) is 7.20. The zero-order valence-corrected chi connectivity index (χ0v) is 20.2. The van der Waals surface area contributed by atoms with Gasteiger partial charge in [-0.15, -0.1) is 11.3 Å². The molecule has 1 aliphatic rings. The first kappa shape index (κ1) is 23.3. The van der Waals surface area contributed by atoms with Crippen LogP contribution in [0.3, 0.4) is 0 Å². The molecule has 31 heavy (non-hydrogen) atoms. The van der Waals surface area contributed by atoms with Crippen molar-refractivity contribution in [3.63, 3.8) is 0 Å². The van der Waals surface area contributed by atoms with Crippen LogP contribution in [0.2, 0.25) is 0 Å². The van der Waals surface area contributed by atoms with Crippen molar-refractivity contribution in [3.05, 3.63) is 45.8 Å². The Labute approximate surface area is 189 Å². The molecular weight excluding hydrogens is 410 g/mol. The molecule has 1 atom stereocenters. The summed E-state index contributed by atoms with van der Waals surface area (Å²) < 4.78 is 10.8. The maximum atomic E-state index is 12.7. The lowest BCUT2D eigenvalue weighted by Crippen LogP contribution is -2.26. The molecule has 6 heteroatoms. The molecule has 0 saturated heterocycles. The number of carbonyl (C=O) groups is 2. The van der Waals surface area contributed by atoms with Crippen LogP contribution in [0.25, 0.3) is 0 Å². The molecule has 0 radical (unpaired) electrons. The van der Waals surface area contributed by atoms with E-state index >= 15 is 0 Å². The SMILES string of the molecule is COC(=O)c1c(NC(=O)COc2ccccc2C(C)C)sc2c1CCC(C(C)(C)C)C2. The van der Waals surface area contributed by atoms with Crippen molar-refractivity contribution in [2.24, 2.45) is 11.3 Å². The van der Waals surface area contributed by atoms with E-state index in [0.717, 1.165) is 30.4 Å². The van der Waals surface area contributed by atoms with Gasteiger partial charge in [-0.3, -0.25) is 4.79 Å². The highest BCUT2D eigenvalue weighted by Gasteiger charge is 2.34. The fourth-order valence-electron chi connectivity index (χ4n) is 4.13. The Bertz CT molecular complexity index is 955. The van der Waals surface area contributed by atoms with E-state index in [0.29, 0.717) is 28.1 Å². The van der Waals surface area contributed by atoms with Gasteiger partial charge in [-0.2, -0.15) is 0 Å². The Morgan fingerprint density at radius 1 is 1.23 bits per heavy atom. The molecule has 1 heterocycles. The average Bonchev–Trinajstić information content (AvgIpc) is 3.08. The Hall–Kier alpha value is -2.34. The lowest BCUT2D eigenvalue weighted by Gasteiger charge is -2.33. The van der Waals surface area contributed by atoms with Gasteiger partial charge in [-0.05, 0) is 53.7 Å². The number of amides is 1. The highest BCUT2D eigenvalue weighted by molar-refractivity contribution is 7.17. The zero-order chi connectivity index (χ0) is 22.8. The van der Waals surface area contributed by atoms with Crippen LogP contribution in [-0.2, 0) is 22.4 Å². The number of rotatable bonds is 6. The van der Waals surface area contributed by atoms with Gasteiger partial charge >= 0.3 is 5.97 Å². The van der Waals surface area contributed by atoms with Gasteiger partial charge in [0.15, 0.2) is 6.61 Å². The average molecular weight is 444 g/mol. The van der Waals surface area contributed by atoms with Crippen LogP contribution in [0.15, 0.2) is 24.3 Å². The number of anilines is 1. The summed E-state index contributed by atoms with van der Waals surface area (Å²) in [7, 11) is 1.38. The number of thiophene rings is 1. The van der Waals surface area contributed by atoms with Gasteiger partial charge in [-0.1, -0.05) is 52.8 Å². The third kappa shape index (κ3) is 5.29. The van der Waals surface area contributed by atoms with Gasteiger partial charge in [0.25, 0.3) is 5.91 Å². The van der Waals surface area contributed by atoms with E-state index < -0.39 is 5.97 Å². The van der Waals surface area contributed by atoms with Crippen LogP contribution < -0.4 is 10.1 Å². The molecule has 1 amide bonds. The molecule has 2 aromatic rings. The predicted molar refractivity (Wildman–Crippen MR) is 125 cm³/mol. The largest absolute Gasteiger partial charge is 0.483 e. The fourth-order valence-corrected chi connectivity index (χ4v) is 5.46. The highest BCUT2D eigenvalue weighted by atomic mass is 32.1. The third-order valence-electron chi connectivity index (χ3n) is 6.03. The maximum absolute atomic E-state index is 12.7.